The fourth-order valence-corrected chi connectivity index (χ4v) is 3.38. The van der Waals surface area contributed by atoms with Gasteiger partial charge in [0.2, 0.25) is 0 Å². The van der Waals surface area contributed by atoms with E-state index >= 15 is 0 Å². The van der Waals surface area contributed by atoms with Crippen LogP contribution in [0.3, 0.4) is 0 Å². The molecular formula is C24H22N6O. The molecule has 0 atom stereocenters. The molecule has 154 valence electrons. The van der Waals surface area contributed by atoms with Crippen LogP contribution in [0, 0.1) is 0 Å². The Morgan fingerprint density at radius 1 is 0.903 bits per heavy atom. The van der Waals surface area contributed by atoms with Gasteiger partial charge in [0.1, 0.15) is 5.69 Å². The predicted molar refractivity (Wildman–Crippen MR) is 120 cm³/mol. The number of rotatable bonds is 7. The summed E-state index contributed by atoms with van der Waals surface area (Å²) in [5, 5.41) is 0. The van der Waals surface area contributed by atoms with Crippen molar-refractivity contribution in [1.29, 1.82) is 0 Å². The SMILES string of the molecule is NCCc1ccc(-c2cnc(N)c(C(=O)Cc3cnccc3-c3cccnc3)n2)cc1. The summed E-state index contributed by atoms with van der Waals surface area (Å²) >= 11 is 0. The number of hydrogen-bond donors (Lipinski definition) is 2. The molecule has 0 fully saturated rings. The molecule has 4 N–H and O–H groups in total. The first-order valence-corrected chi connectivity index (χ1v) is 9.94. The number of carbonyl (C=O) groups is 1. The normalized spacial score (nSPS) is 10.7. The Labute approximate surface area is 180 Å². The Balaban J connectivity index is 1.62. The highest BCUT2D eigenvalue weighted by Gasteiger charge is 2.17. The van der Waals surface area contributed by atoms with Crippen molar-refractivity contribution in [3.63, 3.8) is 0 Å². The van der Waals surface area contributed by atoms with Crippen LogP contribution in [0.4, 0.5) is 5.82 Å². The van der Waals surface area contributed by atoms with Crippen molar-refractivity contribution >= 4 is 11.6 Å². The van der Waals surface area contributed by atoms with Crippen molar-refractivity contribution < 1.29 is 4.79 Å². The van der Waals surface area contributed by atoms with E-state index in [0.717, 1.165) is 34.2 Å². The minimum absolute atomic E-state index is 0.107. The van der Waals surface area contributed by atoms with E-state index in [9.17, 15) is 4.79 Å². The molecule has 7 heteroatoms. The molecule has 0 aliphatic heterocycles. The molecule has 0 bridgehead atoms. The van der Waals surface area contributed by atoms with E-state index in [2.05, 4.69) is 19.9 Å². The van der Waals surface area contributed by atoms with Gasteiger partial charge in [0, 0.05) is 42.3 Å². The van der Waals surface area contributed by atoms with Gasteiger partial charge in [-0.3, -0.25) is 14.8 Å². The summed E-state index contributed by atoms with van der Waals surface area (Å²) < 4.78 is 0. The van der Waals surface area contributed by atoms with Gasteiger partial charge < -0.3 is 11.5 Å². The van der Waals surface area contributed by atoms with Gasteiger partial charge in [-0.15, -0.1) is 0 Å². The minimum Gasteiger partial charge on any atom is -0.382 e. The number of anilines is 1. The summed E-state index contributed by atoms with van der Waals surface area (Å²) in [6, 6.07) is 13.6. The van der Waals surface area contributed by atoms with E-state index in [4.69, 9.17) is 11.5 Å². The summed E-state index contributed by atoms with van der Waals surface area (Å²) in [6.45, 7) is 0.592. The summed E-state index contributed by atoms with van der Waals surface area (Å²) in [5.41, 5.74) is 17.0. The molecule has 0 aliphatic carbocycles. The Bertz CT molecular complexity index is 1190. The van der Waals surface area contributed by atoms with Crippen LogP contribution >= 0.6 is 0 Å². The fraction of sp³-hybridized carbons (Fsp3) is 0.125. The van der Waals surface area contributed by atoms with Crippen molar-refractivity contribution in [3.05, 3.63) is 90.3 Å². The molecular weight excluding hydrogens is 388 g/mol. The van der Waals surface area contributed by atoms with Gasteiger partial charge in [0.05, 0.1) is 11.9 Å². The Morgan fingerprint density at radius 3 is 2.45 bits per heavy atom. The summed E-state index contributed by atoms with van der Waals surface area (Å²) in [5.74, 6) is -0.106. The zero-order valence-corrected chi connectivity index (χ0v) is 16.9. The first-order valence-electron chi connectivity index (χ1n) is 9.94. The van der Waals surface area contributed by atoms with E-state index in [1.165, 1.54) is 0 Å². The lowest BCUT2D eigenvalue weighted by molar-refractivity contribution is 0.0989. The highest BCUT2D eigenvalue weighted by molar-refractivity contribution is 6.00. The molecule has 4 aromatic rings. The highest BCUT2D eigenvalue weighted by atomic mass is 16.1. The average molecular weight is 410 g/mol. The number of nitrogens with two attached hydrogens (primary N) is 2. The average Bonchev–Trinajstić information content (AvgIpc) is 2.81. The number of carbonyl (C=O) groups excluding carboxylic acids is 1. The minimum atomic E-state index is -0.218. The fourth-order valence-electron chi connectivity index (χ4n) is 3.38. The zero-order valence-electron chi connectivity index (χ0n) is 16.9. The van der Waals surface area contributed by atoms with Gasteiger partial charge in [0.15, 0.2) is 11.6 Å². The van der Waals surface area contributed by atoms with E-state index < -0.39 is 0 Å². The van der Waals surface area contributed by atoms with Crippen LogP contribution in [0.1, 0.15) is 21.6 Å². The van der Waals surface area contributed by atoms with Crippen LogP contribution in [0.2, 0.25) is 0 Å². The molecule has 1 aromatic carbocycles. The molecule has 0 saturated carbocycles. The molecule has 0 aliphatic rings. The number of nitrogen functional groups attached to an aromatic ring is 1. The van der Waals surface area contributed by atoms with E-state index in [0.29, 0.717) is 12.2 Å². The van der Waals surface area contributed by atoms with Gasteiger partial charge in [-0.2, -0.15) is 0 Å². The Hall–Kier alpha value is -3.97. The van der Waals surface area contributed by atoms with Crippen molar-refractivity contribution in [2.45, 2.75) is 12.8 Å². The summed E-state index contributed by atoms with van der Waals surface area (Å²) in [6.07, 6.45) is 9.34. The second kappa shape index (κ2) is 9.23. The first-order chi connectivity index (χ1) is 15.2. The monoisotopic (exact) mass is 410 g/mol. The molecule has 31 heavy (non-hydrogen) atoms. The van der Waals surface area contributed by atoms with Gasteiger partial charge in [0.25, 0.3) is 0 Å². The van der Waals surface area contributed by atoms with E-state index in [1.807, 2.05) is 42.5 Å². The smallest absolute Gasteiger partial charge is 0.189 e. The molecule has 0 amide bonds. The lowest BCUT2D eigenvalue weighted by Gasteiger charge is -2.10. The van der Waals surface area contributed by atoms with Gasteiger partial charge in [-0.05, 0) is 41.8 Å². The van der Waals surface area contributed by atoms with Crippen molar-refractivity contribution in [2.24, 2.45) is 5.73 Å². The number of nitrogens with zero attached hydrogens (tertiary/aromatic N) is 4. The third-order valence-electron chi connectivity index (χ3n) is 4.97. The third kappa shape index (κ3) is 4.62. The van der Waals surface area contributed by atoms with Crippen molar-refractivity contribution in [1.82, 2.24) is 19.9 Å². The third-order valence-corrected chi connectivity index (χ3v) is 4.97. The molecule has 4 rings (SSSR count). The van der Waals surface area contributed by atoms with Crippen LogP contribution in [-0.2, 0) is 12.8 Å². The lowest BCUT2D eigenvalue weighted by atomic mass is 9.98. The maximum absolute atomic E-state index is 13.1. The van der Waals surface area contributed by atoms with Crippen LogP contribution in [0.25, 0.3) is 22.4 Å². The molecule has 0 spiro atoms. The van der Waals surface area contributed by atoms with Crippen LogP contribution in [-0.4, -0.2) is 32.3 Å². The van der Waals surface area contributed by atoms with Gasteiger partial charge in [-0.25, -0.2) is 9.97 Å². The molecule has 0 radical (unpaired) electrons. The molecule has 0 saturated heterocycles. The predicted octanol–water partition coefficient (Wildman–Crippen LogP) is 3.11. The number of ketones is 1. The van der Waals surface area contributed by atoms with Crippen LogP contribution in [0.15, 0.2) is 73.4 Å². The lowest BCUT2D eigenvalue weighted by Crippen LogP contribution is -2.12. The Kier molecular flexibility index (Phi) is 6.05. The van der Waals surface area contributed by atoms with Crippen LogP contribution in [0.5, 0.6) is 0 Å². The maximum Gasteiger partial charge on any atom is 0.189 e. The molecule has 3 aromatic heterocycles. The molecule has 3 heterocycles. The molecule has 0 unspecified atom stereocenters. The topological polar surface area (TPSA) is 121 Å². The van der Waals surface area contributed by atoms with Crippen molar-refractivity contribution in [2.75, 3.05) is 12.3 Å². The zero-order chi connectivity index (χ0) is 21.6. The second-order valence-electron chi connectivity index (χ2n) is 7.10. The van der Waals surface area contributed by atoms with Crippen LogP contribution < -0.4 is 11.5 Å². The van der Waals surface area contributed by atoms with Gasteiger partial charge in [-0.1, -0.05) is 30.3 Å². The van der Waals surface area contributed by atoms with E-state index in [-0.39, 0.29) is 23.7 Å². The van der Waals surface area contributed by atoms with E-state index in [1.54, 1.807) is 31.0 Å². The summed E-state index contributed by atoms with van der Waals surface area (Å²) in [4.78, 5) is 30.2. The standard InChI is InChI=1S/C24H22N6O/c25-9-7-16-3-5-17(6-4-16)21-15-29-24(26)23(30-21)22(31)12-19-14-28-11-8-20(19)18-2-1-10-27-13-18/h1-6,8,10-11,13-15H,7,9,12,25H2,(H2,26,29). The molecule has 7 nitrogen and oxygen atoms in total. The maximum atomic E-state index is 13.1. The first kappa shape index (κ1) is 20.3. The largest absolute Gasteiger partial charge is 0.382 e. The Morgan fingerprint density at radius 2 is 1.71 bits per heavy atom. The quantitative estimate of drug-likeness (QED) is 0.449. The van der Waals surface area contributed by atoms with Gasteiger partial charge >= 0.3 is 0 Å². The number of Topliss-reactive ketones (excluding diaryl/α,β-unsaturated/α-hetero) is 1. The number of hydrogen-bond acceptors (Lipinski definition) is 7. The second-order valence-corrected chi connectivity index (χ2v) is 7.10. The number of aromatic nitrogens is 4. The highest BCUT2D eigenvalue weighted by Crippen LogP contribution is 2.25. The summed E-state index contributed by atoms with van der Waals surface area (Å²) in [7, 11) is 0. The van der Waals surface area contributed by atoms with Crippen molar-refractivity contribution in [3.8, 4) is 22.4 Å². The number of pyridine rings is 2. The number of benzene rings is 1.